The third-order valence-corrected chi connectivity index (χ3v) is 3.66. The lowest BCUT2D eigenvalue weighted by Crippen LogP contribution is -2.00. The molecule has 1 fully saturated rings. The smallest absolute Gasteiger partial charge is 0.170 e. The second-order valence-electron chi connectivity index (χ2n) is 5.25. The Labute approximate surface area is 97.4 Å². The van der Waals surface area contributed by atoms with E-state index in [1.165, 1.54) is 32.1 Å². The third-order valence-electron chi connectivity index (χ3n) is 3.66. The average Bonchev–Trinajstić information content (AvgIpc) is 2.83. The maximum absolute atomic E-state index is 5.82. The molecule has 0 spiro atoms. The molecule has 1 aromatic rings. The van der Waals surface area contributed by atoms with Gasteiger partial charge in [0.1, 0.15) is 5.76 Å². The molecule has 1 aromatic heterocycles. The van der Waals surface area contributed by atoms with E-state index in [1.807, 2.05) is 0 Å². The van der Waals surface area contributed by atoms with Crippen molar-refractivity contribution in [1.82, 2.24) is 5.16 Å². The highest BCUT2D eigenvalue weighted by Crippen LogP contribution is 2.31. The van der Waals surface area contributed by atoms with E-state index in [0.717, 1.165) is 23.7 Å². The SMILES string of the molecule is CC(C)c1c(N)noc1CCC1CCCC1. The van der Waals surface area contributed by atoms with E-state index in [1.54, 1.807) is 0 Å². The zero-order chi connectivity index (χ0) is 11.5. The first kappa shape index (κ1) is 11.5. The minimum atomic E-state index is 0.407. The number of anilines is 1. The van der Waals surface area contributed by atoms with Crippen molar-refractivity contribution in [3.8, 4) is 0 Å². The number of nitrogens with two attached hydrogens (primary N) is 1. The molecule has 2 N–H and O–H groups in total. The van der Waals surface area contributed by atoms with Crippen LogP contribution in [0, 0.1) is 5.92 Å². The van der Waals surface area contributed by atoms with E-state index in [2.05, 4.69) is 19.0 Å². The Morgan fingerprint density at radius 3 is 2.69 bits per heavy atom. The Bertz CT molecular complexity index is 338. The van der Waals surface area contributed by atoms with Gasteiger partial charge in [0.2, 0.25) is 0 Å². The maximum atomic E-state index is 5.82. The van der Waals surface area contributed by atoms with Crippen LogP contribution in [-0.2, 0) is 6.42 Å². The minimum absolute atomic E-state index is 0.407. The van der Waals surface area contributed by atoms with Crippen molar-refractivity contribution >= 4 is 5.82 Å². The summed E-state index contributed by atoms with van der Waals surface area (Å²) in [6.45, 7) is 4.28. The zero-order valence-electron chi connectivity index (χ0n) is 10.3. The average molecular weight is 222 g/mol. The molecular weight excluding hydrogens is 200 g/mol. The Morgan fingerprint density at radius 1 is 1.38 bits per heavy atom. The first-order chi connectivity index (χ1) is 7.68. The number of nitrogens with zero attached hydrogens (tertiary/aromatic N) is 1. The summed E-state index contributed by atoms with van der Waals surface area (Å²) in [6.07, 6.45) is 7.82. The fourth-order valence-corrected chi connectivity index (χ4v) is 2.78. The molecule has 0 atom stereocenters. The molecule has 0 aliphatic heterocycles. The topological polar surface area (TPSA) is 52.0 Å². The molecule has 1 saturated carbocycles. The van der Waals surface area contributed by atoms with Crippen LogP contribution in [-0.4, -0.2) is 5.16 Å². The molecule has 0 radical (unpaired) electrons. The van der Waals surface area contributed by atoms with Crippen LogP contribution in [0.3, 0.4) is 0 Å². The molecule has 0 bridgehead atoms. The summed E-state index contributed by atoms with van der Waals surface area (Å²) in [5, 5.41) is 3.89. The molecule has 1 heterocycles. The molecular formula is C13H22N2O. The van der Waals surface area contributed by atoms with Crippen LogP contribution in [0.4, 0.5) is 5.82 Å². The van der Waals surface area contributed by atoms with E-state index in [9.17, 15) is 0 Å². The molecule has 2 rings (SSSR count). The van der Waals surface area contributed by atoms with Crippen LogP contribution in [0.2, 0.25) is 0 Å². The Kier molecular flexibility index (Phi) is 3.52. The van der Waals surface area contributed by atoms with Gasteiger partial charge in [-0.15, -0.1) is 0 Å². The highest BCUT2D eigenvalue weighted by Gasteiger charge is 2.20. The van der Waals surface area contributed by atoms with Crippen molar-refractivity contribution in [3.05, 3.63) is 11.3 Å². The van der Waals surface area contributed by atoms with E-state index < -0.39 is 0 Å². The van der Waals surface area contributed by atoms with Gasteiger partial charge in [-0.05, 0) is 18.3 Å². The number of rotatable bonds is 4. The minimum Gasteiger partial charge on any atom is -0.381 e. The maximum Gasteiger partial charge on any atom is 0.170 e. The van der Waals surface area contributed by atoms with E-state index in [-0.39, 0.29) is 0 Å². The summed E-state index contributed by atoms with van der Waals surface area (Å²) in [7, 11) is 0. The van der Waals surface area contributed by atoms with Crippen molar-refractivity contribution in [1.29, 1.82) is 0 Å². The summed E-state index contributed by atoms with van der Waals surface area (Å²) >= 11 is 0. The molecule has 0 amide bonds. The highest BCUT2D eigenvalue weighted by atomic mass is 16.5. The summed E-state index contributed by atoms with van der Waals surface area (Å²) < 4.78 is 5.34. The van der Waals surface area contributed by atoms with Gasteiger partial charge in [0.15, 0.2) is 5.82 Å². The molecule has 90 valence electrons. The molecule has 1 aliphatic rings. The van der Waals surface area contributed by atoms with Crippen molar-refractivity contribution in [2.75, 3.05) is 5.73 Å². The molecule has 16 heavy (non-hydrogen) atoms. The van der Waals surface area contributed by atoms with E-state index in [0.29, 0.717) is 11.7 Å². The fourth-order valence-electron chi connectivity index (χ4n) is 2.78. The van der Waals surface area contributed by atoms with Gasteiger partial charge in [0.05, 0.1) is 0 Å². The van der Waals surface area contributed by atoms with Gasteiger partial charge >= 0.3 is 0 Å². The predicted octanol–water partition coefficient (Wildman–Crippen LogP) is 3.50. The van der Waals surface area contributed by atoms with E-state index in [4.69, 9.17) is 10.3 Å². The van der Waals surface area contributed by atoms with Gasteiger partial charge in [-0.1, -0.05) is 44.7 Å². The Morgan fingerprint density at radius 2 is 2.06 bits per heavy atom. The van der Waals surface area contributed by atoms with Gasteiger partial charge in [0.25, 0.3) is 0 Å². The number of aryl methyl sites for hydroxylation is 1. The number of nitrogen functional groups attached to an aromatic ring is 1. The first-order valence-corrected chi connectivity index (χ1v) is 6.42. The lowest BCUT2D eigenvalue weighted by Gasteiger charge is -2.09. The molecule has 3 heteroatoms. The van der Waals surface area contributed by atoms with Gasteiger partial charge in [0, 0.05) is 12.0 Å². The van der Waals surface area contributed by atoms with Gasteiger partial charge < -0.3 is 10.3 Å². The van der Waals surface area contributed by atoms with Crippen LogP contribution in [0.1, 0.15) is 63.2 Å². The summed E-state index contributed by atoms with van der Waals surface area (Å²) in [4.78, 5) is 0. The third kappa shape index (κ3) is 2.39. The number of hydrogen-bond acceptors (Lipinski definition) is 3. The van der Waals surface area contributed by atoms with Crippen molar-refractivity contribution < 1.29 is 4.52 Å². The van der Waals surface area contributed by atoms with Crippen molar-refractivity contribution in [3.63, 3.8) is 0 Å². The van der Waals surface area contributed by atoms with Crippen LogP contribution in [0.25, 0.3) is 0 Å². The second-order valence-corrected chi connectivity index (χ2v) is 5.25. The lowest BCUT2D eigenvalue weighted by molar-refractivity contribution is 0.367. The molecule has 3 nitrogen and oxygen atoms in total. The normalized spacial score (nSPS) is 17.4. The monoisotopic (exact) mass is 222 g/mol. The second kappa shape index (κ2) is 4.89. The summed E-state index contributed by atoms with van der Waals surface area (Å²) in [5.41, 5.74) is 6.94. The van der Waals surface area contributed by atoms with Crippen molar-refractivity contribution in [2.45, 2.75) is 58.3 Å². The summed E-state index contributed by atoms with van der Waals surface area (Å²) in [5.74, 6) is 2.90. The largest absolute Gasteiger partial charge is 0.381 e. The molecule has 0 saturated heterocycles. The quantitative estimate of drug-likeness (QED) is 0.848. The van der Waals surface area contributed by atoms with Gasteiger partial charge in [-0.25, -0.2) is 0 Å². The number of hydrogen-bond donors (Lipinski definition) is 1. The molecule has 0 aromatic carbocycles. The standard InChI is InChI=1S/C13H22N2O/c1-9(2)12-11(16-15-13(12)14)8-7-10-5-3-4-6-10/h9-10H,3-8H2,1-2H3,(H2,14,15). The molecule has 1 aliphatic carbocycles. The van der Waals surface area contributed by atoms with Crippen molar-refractivity contribution in [2.24, 2.45) is 5.92 Å². The van der Waals surface area contributed by atoms with Gasteiger partial charge in [-0.3, -0.25) is 0 Å². The Hall–Kier alpha value is -0.990. The predicted molar refractivity (Wildman–Crippen MR) is 65.3 cm³/mol. The Balaban J connectivity index is 1.97. The van der Waals surface area contributed by atoms with E-state index >= 15 is 0 Å². The van der Waals surface area contributed by atoms with Gasteiger partial charge in [-0.2, -0.15) is 0 Å². The first-order valence-electron chi connectivity index (χ1n) is 6.42. The molecule has 0 unspecified atom stereocenters. The fraction of sp³-hybridized carbons (Fsp3) is 0.769. The lowest BCUT2D eigenvalue weighted by atomic mass is 9.96. The van der Waals surface area contributed by atoms with Crippen LogP contribution >= 0.6 is 0 Å². The van der Waals surface area contributed by atoms with Crippen LogP contribution in [0.5, 0.6) is 0 Å². The highest BCUT2D eigenvalue weighted by molar-refractivity contribution is 5.42. The van der Waals surface area contributed by atoms with Crippen LogP contribution in [0.15, 0.2) is 4.52 Å². The van der Waals surface area contributed by atoms with Crippen LogP contribution < -0.4 is 5.73 Å². The number of aromatic nitrogens is 1. The summed E-state index contributed by atoms with van der Waals surface area (Å²) in [6, 6.07) is 0. The zero-order valence-corrected chi connectivity index (χ0v) is 10.3.